The number of aryl methyl sites for hydroxylation is 1. The van der Waals surface area contributed by atoms with Crippen molar-refractivity contribution in [2.45, 2.75) is 26.2 Å². The number of hydrogen-bond acceptors (Lipinski definition) is 3. The van der Waals surface area contributed by atoms with Gasteiger partial charge in [0.05, 0.1) is 0 Å². The number of fused-ring (bicyclic) bond motifs is 1. The lowest BCUT2D eigenvalue weighted by atomic mass is 10.1. The van der Waals surface area contributed by atoms with Gasteiger partial charge in [-0.15, -0.1) is 15.0 Å². The second-order valence-corrected chi connectivity index (χ2v) is 4.81. The number of hydrogen-bond donors (Lipinski definition) is 1. The average molecular weight is 266 g/mol. The van der Waals surface area contributed by atoms with Crippen molar-refractivity contribution in [3.8, 4) is 11.4 Å². The third-order valence-corrected chi connectivity index (χ3v) is 3.27. The van der Waals surface area contributed by atoms with Crippen molar-refractivity contribution in [3.63, 3.8) is 0 Å². The van der Waals surface area contributed by atoms with Crippen LogP contribution in [0.2, 0.25) is 0 Å². The van der Waals surface area contributed by atoms with Gasteiger partial charge < -0.3 is 5.11 Å². The third kappa shape index (κ3) is 2.37. The molecule has 0 amide bonds. The van der Waals surface area contributed by atoms with Gasteiger partial charge in [0, 0.05) is 0 Å². The standard InChI is InChI=1S/C16H16N3O/c1-2-3-6-12-9-10-15(16(20)11-12)19-17-13-7-4-5-8-14(13)18-19/h4-5,7-8,10-11,20H,2-3,6H2,1H3. The zero-order valence-corrected chi connectivity index (χ0v) is 11.4. The molecule has 0 spiro atoms. The molecular formula is C16H16N3O. The van der Waals surface area contributed by atoms with E-state index in [1.54, 1.807) is 12.1 Å². The van der Waals surface area contributed by atoms with E-state index in [9.17, 15) is 5.11 Å². The Bertz CT molecular complexity index is 700. The van der Waals surface area contributed by atoms with E-state index in [4.69, 9.17) is 0 Å². The van der Waals surface area contributed by atoms with Crippen LogP contribution in [0.1, 0.15) is 25.3 Å². The minimum atomic E-state index is 0.190. The first kappa shape index (κ1) is 12.7. The summed E-state index contributed by atoms with van der Waals surface area (Å²) in [5.74, 6) is 0.190. The molecule has 0 bridgehead atoms. The number of phenols is 1. The molecule has 3 rings (SSSR count). The lowest BCUT2D eigenvalue weighted by molar-refractivity contribution is 0.467. The Balaban J connectivity index is 1.97. The largest absolute Gasteiger partial charge is 0.506 e. The van der Waals surface area contributed by atoms with E-state index in [0.717, 1.165) is 35.9 Å². The minimum Gasteiger partial charge on any atom is -0.506 e. The number of rotatable bonds is 4. The molecule has 1 aromatic heterocycles. The van der Waals surface area contributed by atoms with Crippen molar-refractivity contribution in [1.82, 2.24) is 15.0 Å². The molecule has 0 aliphatic rings. The number of aromatic hydroxyl groups is 1. The van der Waals surface area contributed by atoms with Gasteiger partial charge in [-0.25, -0.2) is 0 Å². The maximum Gasteiger partial charge on any atom is 0.143 e. The minimum absolute atomic E-state index is 0.190. The van der Waals surface area contributed by atoms with Crippen molar-refractivity contribution in [2.24, 2.45) is 0 Å². The molecule has 1 heterocycles. The summed E-state index contributed by atoms with van der Waals surface area (Å²) in [4.78, 5) is 1.46. The smallest absolute Gasteiger partial charge is 0.143 e. The average Bonchev–Trinajstić information content (AvgIpc) is 2.88. The van der Waals surface area contributed by atoms with Crippen LogP contribution >= 0.6 is 0 Å². The molecule has 4 heteroatoms. The van der Waals surface area contributed by atoms with Crippen LogP contribution in [0, 0.1) is 6.07 Å². The summed E-state index contributed by atoms with van der Waals surface area (Å²) >= 11 is 0. The van der Waals surface area contributed by atoms with Gasteiger partial charge in [0.1, 0.15) is 22.5 Å². The molecule has 3 aromatic rings. The van der Waals surface area contributed by atoms with Crippen LogP contribution in [0.3, 0.4) is 0 Å². The van der Waals surface area contributed by atoms with Gasteiger partial charge in [0.2, 0.25) is 0 Å². The molecule has 0 fully saturated rings. The summed E-state index contributed by atoms with van der Waals surface area (Å²) in [7, 11) is 0. The first-order valence-corrected chi connectivity index (χ1v) is 6.84. The summed E-state index contributed by atoms with van der Waals surface area (Å²) in [6, 6.07) is 14.3. The predicted molar refractivity (Wildman–Crippen MR) is 78.0 cm³/mol. The van der Waals surface area contributed by atoms with Crippen LogP contribution in [-0.2, 0) is 6.42 Å². The van der Waals surface area contributed by atoms with Crippen LogP contribution < -0.4 is 0 Å². The molecule has 20 heavy (non-hydrogen) atoms. The fraction of sp³-hybridized carbons (Fsp3) is 0.250. The first-order valence-electron chi connectivity index (χ1n) is 6.84. The topological polar surface area (TPSA) is 50.9 Å². The second kappa shape index (κ2) is 5.33. The van der Waals surface area contributed by atoms with Crippen LogP contribution in [0.25, 0.3) is 16.7 Å². The van der Waals surface area contributed by atoms with E-state index >= 15 is 0 Å². The molecule has 0 saturated heterocycles. The highest BCUT2D eigenvalue weighted by Crippen LogP contribution is 2.23. The Labute approximate surface area is 117 Å². The van der Waals surface area contributed by atoms with Gasteiger partial charge in [-0.2, -0.15) is 0 Å². The lowest BCUT2D eigenvalue weighted by Crippen LogP contribution is -1.99. The van der Waals surface area contributed by atoms with Crippen LogP contribution in [0.15, 0.2) is 36.4 Å². The maximum atomic E-state index is 10.1. The van der Waals surface area contributed by atoms with Gasteiger partial charge in [0.15, 0.2) is 0 Å². The fourth-order valence-electron chi connectivity index (χ4n) is 2.15. The number of unbranched alkanes of at least 4 members (excludes halogenated alkanes) is 1. The highest BCUT2D eigenvalue weighted by Gasteiger charge is 2.09. The van der Waals surface area contributed by atoms with Crippen LogP contribution in [0.4, 0.5) is 0 Å². The molecule has 0 saturated carbocycles. The normalized spacial score (nSPS) is 11.1. The van der Waals surface area contributed by atoms with Crippen LogP contribution in [0.5, 0.6) is 5.75 Å². The van der Waals surface area contributed by atoms with Crippen molar-refractivity contribution < 1.29 is 5.11 Å². The lowest BCUT2D eigenvalue weighted by Gasteiger charge is -2.05. The number of aromatic nitrogens is 3. The molecule has 1 radical (unpaired) electrons. The summed E-state index contributed by atoms with van der Waals surface area (Å²) in [6.07, 6.45) is 3.15. The van der Waals surface area contributed by atoms with Gasteiger partial charge in [-0.3, -0.25) is 0 Å². The van der Waals surface area contributed by atoms with Crippen molar-refractivity contribution in [2.75, 3.05) is 0 Å². The quantitative estimate of drug-likeness (QED) is 0.788. The van der Waals surface area contributed by atoms with E-state index in [-0.39, 0.29) is 5.75 Å². The van der Waals surface area contributed by atoms with E-state index in [1.165, 1.54) is 4.80 Å². The molecule has 1 N–H and O–H groups in total. The zero-order valence-electron chi connectivity index (χ0n) is 11.4. The van der Waals surface area contributed by atoms with Crippen LogP contribution in [-0.4, -0.2) is 20.1 Å². The fourth-order valence-corrected chi connectivity index (χ4v) is 2.15. The number of phenolic OH excluding ortho intramolecular Hbond substituents is 1. The summed E-state index contributed by atoms with van der Waals surface area (Å²) in [5.41, 5.74) is 3.19. The van der Waals surface area contributed by atoms with Gasteiger partial charge in [0.25, 0.3) is 0 Å². The highest BCUT2D eigenvalue weighted by molar-refractivity contribution is 5.73. The second-order valence-electron chi connectivity index (χ2n) is 4.81. The monoisotopic (exact) mass is 266 g/mol. The van der Waals surface area contributed by atoms with Crippen molar-refractivity contribution in [1.29, 1.82) is 0 Å². The maximum absolute atomic E-state index is 10.1. The molecule has 4 nitrogen and oxygen atoms in total. The van der Waals surface area contributed by atoms with Crippen molar-refractivity contribution in [3.05, 3.63) is 48.0 Å². The summed E-state index contributed by atoms with van der Waals surface area (Å²) in [6.45, 7) is 2.15. The van der Waals surface area contributed by atoms with Gasteiger partial charge in [-0.1, -0.05) is 25.5 Å². The molecule has 0 aliphatic carbocycles. The summed E-state index contributed by atoms with van der Waals surface area (Å²) < 4.78 is 0. The number of nitrogens with zero attached hydrogens (tertiary/aromatic N) is 3. The Kier molecular flexibility index (Phi) is 3.37. The number of benzene rings is 2. The molecule has 0 unspecified atom stereocenters. The Morgan fingerprint density at radius 1 is 1.20 bits per heavy atom. The van der Waals surface area contributed by atoms with E-state index in [0.29, 0.717) is 5.69 Å². The van der Waals surface area contributed by atoms with E-state index in [2.05, 4.69) is 23.2 Å². The SMILES string of the molecule is CCCCc1[c]cc(-n2nc3ccccc3n2)c(O)c1. The van der Waals surface area contributed by atoms with Gasteiger partial charge >= 0.3 is 0 Å². The first-order chi connectivity index (χ1) is 9.78. The third-order valence-electron chi connectivity index (χ3n) is 3.27. The highest BCUT2D eigenvalue weighted by atomic mass is 16.3. The zero-order chi connectivity index (χ0) is 13.9. The summed E-state index contributed by atoms with van der Waals surface area (Å²) in [5, 5.41) is 18.9. The van der Waals surface area contributed by atoms with E-state index in [1.807, 2.05) is 24.3 Å². The Morgan fingerprint density at radius 2 is 1.90 bits per heavy atom. The molecule has 0 atom stereocenters. The molecular weight excluding hydrogens is 250 g/mol. The molecule has 2 aromatic carbocycles. The Morgan fingerprint density at radius 3 is 2.50 bits per heavy atom. The molecule has 101 valence electrons. The van der Waals surface area contributed by atoms with Gasteiger partial charge in [-0.05, 0) is 48.7 Å². The predicted octanol–water partition coefficient (Wildman–Crippen LogP) is 3.27. The van der Waals surface area contributed by atoms with E-state index < -0.39 is 0 Å². The molecule has 0 aliphatic heterocycles. The van der Waals surface area contributed by atoms with Crippen molar-refractivity contribution >= 4 is 11.0 Å². The Hall–Kier alpha value is -2.36.